The van der Waals surface area contributed by atoms with Crippen molar-refractivity contribution in [1.82, 2.24) is 10.2 Å². The molecule has 0 amide bonds. The molecule has 1 saturated carbocycles. The minimum Gasteiger partial charge on any atom is -0.373 e. The van der Waals surface area contributed by atoms with E-state index in [1.165, 1.54) is 49.0 Å². The quantitative estimate of drug-likeness (QED) is 0.868. The normalized spacial score (nSPS) is 22.7. The lowest BCUT2D eigenvalue weighted by Crippen LogP contribution is -2.37. The molecule has 1 heterocycles. The fraction of sp³-hybridized carbons (Fsp3) is 0.667. The van der Waals surface area contributed by atoms with E-state index in [1.807, 2.05) is 0 Å². The van der Waals surface area contributed by atoms with Gasteiger partial charge in [0.25, 0.3) is 0 Å². The van der Waals surface area contributed by atoms with Gasteiger partial charge in [0, 0.05) is 37.9 Å². The van der Waals surface area contributed by atoms with Crippen LogP contribution in [0.2, 0.25) is 0 Å². The molecular formula is C18H29N3. The Morgan fingerprint density at radius 2 is 2.10 bits per heavy atom. The summed E-state index contributed by atoms with van der Waals surface area (Å²) in [7, 11) is 4.51. The van der Waals surface area contributed by atoms with Crippen molar-refractivity contribution in [2.75, 3.05) is 32.1 Å². The highest BCUT2D eigenvalue weighted by Crippen LogP contribution is 2.25. The molecule has 116 valence electrons. The Labute approximate surface area is 129 Å². The van der Waals surface area contributed by atoms with E-state index >= 15 is 0 Å². The van der Waals surface area contributed by atoms with E-state index in [0.717, 1.165) is 19.1 Å². The molecule has 1 unspecified atom stereocenters. The lowest BCUT2D eigenvalue weighted by atomic mass is 10.1. The number of benzene rings is 1. The third-order valence-electron chi connectivity index (χ3n) is 4.96. The Balaban J connectivity index is 1.69. The van der Waals surface area contributed by atoms with Gasteiger partial charge in [-0.3, -0.25) is 0 Å². The third-order valence-corrected chi connectivity index (χ3v) is 4.96. The van der Waals surface area contributed by atoms with Crippen LogP contribution in [-0.4, -0.2) is 44.2 Å². The maximum absolute atomic E-state index is 3.66. The van der Waals surface area contributed by atoms with Crippen molar-refractivity contribution in [2.45, 2.75) is 51.2 Å². The highest BCUT2D eigenvalue weighted by Gasteiger charge is 2.24. The molecule has 1 aliphatic heterocycles. The van der Waals surface area contributed by atoms with Crippen molar-refractivity contribution in [3.05, 3.63) is 29.3 Å². The Hall–Kier alpha value is -1.06. The molecule has 3 rings (SSSR count). The topological polar surface area (TPSA) is 18.5 Å². The molecular weight excluding hydrogens is 258 g/mol. The highest BCUT2D eigenvalue weighted by atomic mass is 15.2. The zero-order valence-corrected chi connectivity index (χ0v) is 13.7. The molecule has 21 heavy (non-hydrogen) atoms. The number of rotatable bonds is 6. The summed E-state index contributed by atoms with van der Waals surface area (Å²) in [5, 5.41) is 3.66. The molecule has 2 fully saturated rings. The summed E-state index contributed by atoms with van der Waals surface area (Å²) < 4.78 is 0. The lowest BCUT2D eigenvalue weighted by molar-refractivity contribution is 0.314. The van der Waals surface area contributed by atoms with Gasteiger partial charge in [-0.2, -0.15) is 0 Å². The number of hydrogen-bond donors (Lipinski definition) is 1. The average Bonchev–Trinajstić information content (AvgIpc) is 3.20. The molecule has 0 radical (unpaired) electrons. The largest absolute Gasteiger partial charge is 0.373 e. The highest BCUT2D eigenvalue weighted by molar-refractivity contribution is 5.54. The SMILES string of the molecule is Cc1ccc(N(C)CC2CCCN2C)c(CNC2CC2)c1. The van der Waals surface area contributed by atoms with Crippen LogP contribution in [0.5, 0.6) is 0 Å². The van der Waals surface area contributed by atoms with Crippen LogP contribution in [0.4, 0.5) is 5.69 Å². The fourth-order valence-corrected chi connectivity index (χ4v) is 3.39. The van der Waals surface area contributed by atoms with Gasteiger partial charge in [0.2, 0.25) is 0 Å². The molecule has 0 aromatic heterocycles. The van der Waals surface area contributed by atoms with E-state index in [-0.39, 0.29) is 0 Å². The van der Waals surface area contributed by atoms with E-state index in [0.29, 0.717) is 6.04 Å². The predicted molar refractivity (Wildman–Crippen MR) is 90.0 cm³/mol. The predicted octanol–water partition coefficient (Wildman–Crippen LogP) is 2.78. The van der Waals surface area contributed by atoms with E-state index < -0.39 is 0 Å². The summed E-state index contributed by atoms with van der Waals surface area (Å²) in [6, 6.07) is 8.36. The maximum Gasteiger partial charge on any atom is 0.0409 e. The van der Waals surface area contributed by atoms with Gasteiger partial charge < -0.3 is 15.1 Å². The average molecular weight is 287 g/mol. The summed E-state index contributed by atoms with van der Waals surface area (Å²) in [6.45, 7) is 5.58. The molecule has 1 N–H and O–H groups in total. The van der Waals surface area contributed by atoms with Crippen LogP contribution in [0.3, 0.4) is 0 Å². The van der Waals surface area contributed by atoms with Crippen LogP contribution in [0.1, 0.15) is 36.8 Å². The Bertz CT molecular complexity index is 481. The molecule has 1 aromatic rings. The number of hydrogen-bond acceptors (Lipinski definition) is 3. The summed E-state index contributed by atoms with van der Waals surface area (Å²) in [5.41, 5.74) is 4.21. The summed E-state index contributed by atoms with van der Waals surface area (Å²) >= 11 is 0. The fourth-order valence-electron chi connectivity index (χ4n) is 3.39. The monoisotopic (exact) mass is 287 g/mol. The van der Waals surface area contributed by atoms with Crippen molar-refractivity contribution >= 4 is 5.69 Å². The number of likely N-dealkylation sites (tertiary alicyclic amines) is 1. The molecule has 2 aliphatic rings. The lowest BCUT2D eigenvalue weighted by Gasteiger charge is -2.29. The summed E-state index contributed by atoms with van der Waals surface area (Å²) in [5.74, 6) is 0. The number of aryl methyl sites for hydroxylation is 1. The van der Waals surface area contributed by atoms with Gasteiger partial charge in [-0.15, -0.1) is 0 Å². The minimum atomic E-state index is 0.709. The standard InChI is InChI=1S/C18H29N3/c1-14-6-9-18(15(11-14)12-19-16-7-8-16)21(3)13-17-5-4-10-20(17)2/h6,9,11,16-17,19H,4-5,7-8,10,12-13H2,1-3H3. The smallest absolute Gasteiger partial charge is 0.0409 e. The second kappa shape index (κ2) is 6.37. The van der Waals surface area contributed by atoms with Crippen LogP contribution < -0.4 is 10.2 Å². The summed E-state index contributed by atoms with van der Waals surface area (Å²) in [4.78, 5) is 4.96. The molecule has 1 atom stereocenters. The summed E-state index contributed by atoms with van der Waals surface area (Å²) in [6.07, 6.45) is 5.38. The van der Waals surface area contributed by atoms with Gasteiger partial charge >= 0.3 is 0 Å². The van der Waals surface area contributed by atoms with Crippen LogP contribution in [-0.2, 0) is 6.54 Å². The van der Waals surface area contributed by atoms with Gasteiger partial charge in [-0.1, -0.05) is 17.7 Å². The number of nitrogens with zero attached hydrogens (tertiary/aromatic N) is 2. The van der Waals surface area contributed by atoms with Gasteiger partial charge in [0.1, 0.15) is 0 Å². The Morgan fingerprint density at radius 3 is 2.76 bits per heavy atom. The minimum absolute atomic E-state index is 0.709. The van der Waals surface area contributed by atoms with Crippen LogP contribution in [0, 0.1) is 6.92 Å². The Kier molecular flexibility index (Phi) is 4.51. The second-order valence-corrected chi connectivity index (χ2v) is 6.94. The number of likely N-dealkylation sites (N-methyl/N-ethyl adjacent to an activating group) is 2. The molecule has 1 aliphatic carbocycles. The maximum atomic E-state index is 3.66. The van der Waals surface area contributed by atoms with Crippen LogP contribution in [0.25, 0.3) is 0 Å². The first-order chi connectivity index (χ1) is 10.1. The second-order valence-electron chi connectivity index (χ2n) is 6.94. The van der Waals surface area contributed by atoms with Gasteiger partial charge in [0.05, 0.1) is 0 Å². The van der Waals surface area contributed by atoms with Crippen LogP contribution >= 0.6 is 0 Å². The van der Waals surface area contributed by atoms with E-state index in [1.54, 1.807) is 0 Å². The number of anilines is 1. The zero-order chi connectivity index (χ0) is 14.8. The van der Waals surface area contributed by atoms with E-state index in [4.69, 9.17) is 0 Å². The van der Waals surface area contributed by atoms with E-state index in [9.17, 15) is 0 Å². The first-order valence-corrected chi connectivity index (χ1v) is 8.38. The van der Waals surface area contributed by atoms with Crippen molar-refractivity contribution in [2.24, 2.45) is 0 Å². The molecule has 0 spiro atoms. The van der Waals surface area contributed by atoms with E-state index in [2.05, 4.69) is 54.3 Å². The van der Waals surface area contributed by atoms with Gasteiger partial charge in [0.15, 0.2) is 0 Å². The zero-order valence-electron chi connectivity index (χ0n) is 13.7. The molecule has 3 nitrogen and oxygen atoms in total. The van der Waals surface area contributed by atoms with Crippen LogP contribution in [0.15, 0.2) is 18.2 Å². The van der Waals surface area contributed by atoms with Crippen molar-refractivity contribution in [1.29, 1.82) is 0 Å². The molecule has 3 heteroatoms. The number of nitrogens with one attached hydrogen (secondary N) is 1. The molecule has 0 bridgehead atoms. The van der Waals surface area contributed by atoms with Crippen molar-refractivity contribution < 1.29 is 0 Å². The first-order valence-electron chi connectivity index (χ1n) is 8.38. The van der Waals surface area contributed by atoms with Crippen molar-refractivity contribution in [3.8, 4) is 0 Å². The first kappa shape index (κ1) is 14.9. The van der Waals surface area contributed by atoms with Gasteiger partial charge in [-0.25, -0.2) is 0 Å². The third kappa shape index (κ3) is 3.78. The van der Waals surface area contributed by atoms with Crippen molar-refractivity contribution in [3.63, 3.8) is 0 Å². The Morgan fingerprint density at radius 1 is 1.29 bits per heavy atom. The molecule has 1 aromatic carbocycles. The van der Waals surface area contributed by atoms with Gasteiger partial charge in [-0.05, 0) is 57.8 Å². The molecule has 1 saturated heterocycles.